The van der Waals surface area contributed by atoms with E-state index in [0.717, 1.165) is 4.31 Å². The van der Waals surface area contributed by atoms with Crippen LogP contribution in [-0.2, 0) is 10.0 Å². The summed E-state index contributed by atoms with van der Waals surface area (Å²) in [6, 6.07) is 21.8. The molecule has 0 bridgehead atoms. The van der Waals surface area contributed by atoms with E-state index < -0.39 is 15.9 Å². The number of carbonyl (C=O) groups is 1. The quantitative estimate of drug-likeness (QED) is 0.604. The van der Waals surface area contributed by atoms with Gasteiger partial charge in [0.15, 0.2) is 0 Å². The molecule has 30 heavy (non-hydrogen) atoms. The van der Waals surface area contributed by atoms with E-state index in [9.17, 15) is 13.2 Å². The number of benzene rings is 3. The highest BCUT2D eigenvalue weighted by Gasteiger charge is 2.24. The molecule has 3 aromatic carbocycles. The van der Waals surface area contributed by atoms with E-state index in [1.54, 1.807) is 60.7 Å². The van der Waals surface area contributed by atoms with Crippen LogP contribution in [0.4, 0.5) is 11.4 Å². The minimum Gasteiger partial charge on any atom is -0.491 e. The van der Waals surface area contributed by atoms with Gasteiger partial charge in [-0.05, 0) is 50.2 Å². The summed E-state index contributed by atoms with van der Waals surface area (Å²) in [6.45, 7) is 3.84. The third-order valence-electron chi connectivity index (χ3n) is 4.35. The van der Waals surface area contributed by atoms with Gasteiger partial charge in [0.25, 0.3) is 15.9 Å². The topological polar surface area (TPSA) is 75.7 Å². The van der Waals surface area contributed by atoms with Gasteiger partial charge in [0, 0.05) is 18.8 Å². The summed E-state index contributed by atoms with van der Waals surface area (Å²) in [5, 5.41) is 2.82. The van der Waals surface area contributed by atoms with Crippen molar-refractivity contribution in [1.82, 2.24) is 0 Å². The summed E-state index contributed by atoms with van der Waals surface area (Å²) >= 11 is 0. The predicted molar refractivity (Wildman–Crippen MR) is 119 cm³/mol. The predicted octanol–water partition coefficient (Wildman–Crippen LogP) is 4.55. The fourth-order valence-electron chi connectivity index (χ4n) is 2.94. The molecule has 0 fully saturated rings. The molecule has 1 N–H and O–H groups in total. The fourth-order valence-corrected chi connectivity index (χ4v) is 4.17. The minimum atomic E-state index is -3.81. The Hall–Kier alpha value is -3.32. The number of nitrogens with one attached hydrogen (secondary N) is 1. The van der Waals surface area contributed by atoms with Gasteiger partial charge in [0.05, 0.1) is 22.3 Å². The van der Waals surface area contributed by atoms with Crippen LogP contribution in [0.2, 0.25) is 0 Å². The Kier molecular flexibility index (Phi) is 6.42. The summed E-state index contributed by atoms with van der Waals surface area (Å²) in [5.74, 6) is 0.224. The Bertz CT molecular complexity index is 1130. The number of rotatable bonds is 7. The molecule has 0 aromatic heterocycles. The van der Waals surface area contributed by atoms with E-state index in [1.807, 2.05) is 19.9 Å². The van der Waals surface area contributed by atoms with E-state index in [-0.39, 0.29) is 22.3 Å². The number of anilines is 2. The van der Waals surface area contributed by atoms with Gasteiger partial charge in [-0.15, -0.1) is 0 Å². The van der Waals surface area contributed by atoms with Gasteiger partial charge in [-0.1, -0.05) is 36.4 Å². The average molecular weight is 425 g/mol. The molecule has 6 nitrogen and oxygen atoms in total. The Morgan fingerprint density at radius 3 is 2.30 bits per heavy atom. The summed E-state index contributed by atoms with van der Waals surface area (Å²) in [6.07, 6.45) is 0.00789. The molecule has 7 heteroatoms. The zero-order valence-electron chi connectivity index (χ0n) is 17.1. The Morgan fingerprint density at radius 1 is 0.933 bits per heavy atom. The highest BCUT2D eigenvalue weighted by molar-refractivity contribution is 7.92. The molecule has 0 atom stereocenters. The molecule has 0 spiro atoms. The molecule has 0 saturated carbocycles. The number of ether oxygens (including phenoxy) is 1. The van der Waals surface area contributed by atoms with Crippen molar-refractivity contribution in [2.45, 2.75) is 24.8 Å². The second kappa shape index (κ2) is 9.00. The van der Waals surface area contributed by atoms with Gasteiger partial charge < -0.3 is 10.1 Å². The molecule has 0 radical (unpaired) electrons. The van der Waals surface area contributed by atoms with Gasteiger partial charge in [-0.25, -0.2) is 8.42 Å². The van der Waals surface area contributed by atoms with Crippen LogP contribution in [0.1, 0.15) is 24.2 Å². The smallest absolute Gasteiger partial charge is 0.264 e. The molecular formula is C23H24N2O4S. The lowest BCUT2D eigenvalue weighted by molar-refractivity contribution is 0.102. The van der Waals surface area contributed by atoms with Gasteiger partial charge in [0.1, 0.15) is 5.75 Å². The zero-order chi connectivity index (χ0) is 21.7. The number of sulfonamides is 1. The summed E-state index contributed by atoms with van der Waals surface area (Å²) < 4.78 is 32.8. The SMILES string of the molecule is CC(C)Oc1cccc(NC(=O)c2ccccc2N(C)S(=O)(=O)c2ccccc2)c1. The van der Waals surface area contributed by atoms with Gasteiger partial charge in [0.2, 0.25) is 0 Å². The van der Waals surface area contributed by atoms with Crippen LogP contribution < -0.4 is 14.4 Å². The molecule has 0 aliphatic rings. The maximum absolute atomic E-state index is 13.0. The molecular weight excluding hydrogens is 400 g/mol. The molecule has 0 unspecified atom stereocenters. The highest BCUT2D eigenvalue weighted by atomic mass is 32.2. The Labute approximate surface area is 177 Å². The van der Waals surface area contributed by atoms with Crippen LogP contribution in [0, 0.1) is 0 Å². The first-order valence-electron chi connectivity index (χ1n) is 9.50. The van der Waals surface area contributed by atoms with E-state index in [0.29, 0.717) is 11.4 Å². The van der Waals surface area contributed by atoms with Crippen molar-refractivity contribution in [1.29, 1.82) is 0 Å². The number of hydrogen-bond acceptors (Lipinski definition) is 4. The third-order valence-corrected chi connectivity index (χ3v) is 6.14. The molecule has 156 valence electrons. The minimum absolute atomic E-state index is 0.00789. The second-order valence-corrected chi connectivity index (χ2v) is 8.92. The van der Waals surface area contributed by atoms with Crippen LogP contribution in [0.25, 0.3) is 0 Å². The maximum Gasteiger partial charge on any atom is 0.264 e. The normalized spacial score (nSPS) is 11.2. The van der Waals surface area contributed by atoms with E-state index in [1.165, 1.54) is 19.2 Å². The lowest BCUT2D eigenvalue weighted by atomic mass is 10.1. The van der Waals surface area contributed by atoms with Crippen molar-refractivity contribution in [2.24, 2.45) is 0 Å². The van der Waals surface area contributed by atoms with E-state index in [2.05, 4.69) is 5.32 Å². The number of para-hydroxylation sites is 1. The number of hydrogen-bond donors (Lipinski definition) is 1. The Balaban J connectivity index is 1.89. The number of nitrogens with zero attached hydrogens (tertiary/aromatic N) is 1. The fraction of sp³-hybridized carbons (Fsp3) is 0.174. The lowest BCUT2D eigenvalue weighted by Crippen LogP contribution is -2.29. The largest absolute Gasteiger partial charge is 0.491 e. The van der Waals surface area contributed by atoms with Crippen molar-refractivity contribution in [2.75, 3.05) is 16.7 Å². The zero-order valence-corrected chi connectivity index (χ0v) is 17.9. The molecule has 0 saturated heterocycles. The molecule has 0 heterocycles. The third kappa shape index (κ3) is 4.80. The van der Waals surface area contributed by atoms with E-state index >= 15 is 0 Å². The first-order chi connectivity index (χ1) is 14.3. The summed E-state index contributed by atoms with van der Waals surface area (Å²) in [4.78, 5) is 13.1. The van der Waals surface area contributed by atoms with Crippen molar-refractivity contribution >= 4 is 27.3 Å². The van der Waals surface area contributed by atoms with E-state index in [4.69, 9.17) is 4.74 Å². The molecule has 3 aromatic rings. The average Bonchev–Trinajstić information content (AvgIpc) is 2.73. The number of carbonyl (C=O) groups excluding carboxylic acids is 1. The monoisotopic (exact) mass is 424 g/mol. The van der Waals surface area contributed by atoms with Gasteiger partial charge in [-0.3, -0.25) is 9.10 Å². The van der Waals surface area contributed by atoms with Gasteiger partial charge >= 0.3 is 0 Å². The highest BCUT2D eigenvalue weighted by Crippen LogP contribution is 2.27. The maximum atomic E-state index is 13.0. The first kappa shape index (κ1) is 21.4. The number of amides is 1. The van der Waals surface area contributed by atoms with Crippen molar-refractivity contribution in [3.8, 4) is 5.75 Å². The van der Waals surface area contributed by atoms with Crippen molar-refractivity contribution in [3.63, 3.8) is 0 Å². The van der Waals surface area contributed by atoms with Crippen LogP contribution in [-0.4, -0.2) is 27.5 Å². The van der Waals surface area contributed by atoms with Crippen LogP contribution in [0.5, 0.6) is 5.75 Å². The first-order valence-corrected chi connectivity index (χ1v) is 10.9. The second-order valence-electron chi connectivity index (χ2n) is 6.95. The molecule has 0 aliphatic carbocycles. The van der Waals surface area contributed by atoms with Crippen molar-refractivity contribution < 1.29 is 17.9 Å². The molecule has 0 aliphatic heterocycles. The summed E-state index contributed by atoms with van der Waals surface area (Å²) in [7, 11) is -2.37. The van der Waals surface area contributed by atoms with Crippen LogP contribution in [0.15, 0.2) is 83.8 Å². The standard InChI is InChI=1S/C23H24N2O4S/c1-17(2)29-19-11-9-10-18(16-19)24-23(26)21-14-7-8-15-22(21)25(3)30(27,28)20-12-5-4-6-13-20/h4-17H,1-3H3,(H,24,26). The van der Waals surface area contributed by atoms with Crippen molar-refractivity contribution in [3.05, 3.63) is 84.4 Å². The van der Waals surface area contributed by atoms with Gasteiger partial charge in [-0.2, -0.15) is 0 Å². The van der Waals surface area contributed by atoms with Crippen LogP contribution in [0.3, 0.4) is 0 Å². The summed E-state index contributed by atoms with van der Waals surface area (Å²) in [5.41, 5.74) is 1.09. The molecule has 1 amide bonds. The molecule has 3 rings (SSSR count). The van der Waals surface area contributed by atoms with Crippen LogP contribution >= 0.6 is 0 Å². The Morgan fingerprint density at radius 2 is 1.60 bits per heavy atom. The lowest BCUT2D eigenvalue weighted by Gasteiger charge is -2.22.